The SMILES string of the molecule is CC=C1CCCCC1N(C)C. The second-order valence-corrected chi connectivity index (χ2v) is 3.59. The predicted octanol–water partition coefficient (Wildman–Crippen LogP) is 2.44. The van der Waals surface area contributed by atoms with Crippen molar-refractivity contribution in [1.82, 2.24) is 4.90 Å². The van der Waals surface area contributed by atoms with E-state index in [2.05, 4.69) is 32.0 Å². The van der Waals surface area contributed by atoms with E-state index in [4.69, 9.17) is 0 Å². The number of hydrogen-bond donors (Lipinski definition) is 0. The summed E-state index contributed by atoms with van der Waals surface area (Å²) in [5.41, 5.74) is 1.64. The standard InChI is InChI=1S/C10H19N/c1-4-9-7-5-6-8-10(9)11(2)3/h4,10H,5-8H2,1-3H3. The molecule has 0 spiro atoms. The zero-order valence-corrected chi connectivity index (χ0v) is 7.93. The molecule has 0 amide bonds. The van der Waals surface area contributed by atoms with E-state index in [1.165, 1.54) is 25.7 Å². The number of rotatable bonds is 1. The molecule has 1 aliphatic carbocycles. The fraction of sp³-hybridized carbons (Fsp3) is 0.800. The first kappa shape index (κ1) is 8.79. The van der Waals surface area contributed by atoms with E-state index in [0.29, 0.717) is 0 Å². The molecule has 11 heavy (non-hydrogen) atoms. The number of hydrogen-bond acceptors (Lipinski definition) is 1. The molecule has 0 N–H and O–H groups in total. The zero-order chi connectivity index (χ0) is 8.27. The van der Waals surface area contributed by atoms with Gasteiger partial charge in [-0.2, -0.15) is 0 Å². The molecule has 1 saturated carbocycles. The molecule has 1 atom stereocenters. The molecule has 0 heterocycles. The van der Waals surface area contributed by atoms with Crippen molar-refractivity contribution in [2.45, 2.75) is 38.6 Å². The van der Waals surface area contributed by atoms with Gasteiger partial charge in [-0.15, -0.1) is 0 Å². The molecule has 0 saturated heterocycles. The molecule has 0 radical (unpaired) electrons. The number of allylic oxidation sites excluding steroid dienone is 1. The Morgan fingerprint density at radius 2 is 2.09 bits per heavy atom. The van der Waals surface area contributed by atoms with Gasteiger partial charge < -0.3 is 4.90 Å². The Kier molecular flexibility index (Phi) is 3.13. The van der Waals surface area contributed by atoms with Crippen molar-refractivity contribution in [3.63, 3.8) is 0 Å². The second-order valence-electron chi connectivity index (χ2n) is 3.59. The first-order chi connectivity index (χ1) is 5.25. The summed E-state index contributed by atoms with van der Waals surface area (Å²) in [5, 5.41) is 0. The van der Waals surface area contributed by atoms with Crippen LogP contribution < -0.4 is 0 Å². The molecular weight excluding hydrogens is 134 g/mol. The third-order valence-corrected chi connectivity index (χ3v) is 2.62. The lowest BCUT2D eigenvalue weighted by Gasteiger charge is -2.30. The highest BCUT2D eigenvalue weighted by Gasteiger charge is 2.19. The van der Waals surface area contributed by atoms with Gasteiger partial charge in [0.25, 0.3) is 0 Å². The molecule has 1 aliphatic rings. The van der Waals surface area contributed by atoms with Gasteiger partial charge in [0.2, 0.25) is 0 Å². The van der Waals surface area contributed by atoms with Crippen molar-refractivity contribution in [1.29, 1.82) is 0 Å². The molecule has 1 heteroatoms. The molecule has 0 aliphatic heterocycles. The average molecular weight is 153 g/mol. The number of likely N-dealkylation sites (N-methyl/N-ethyl adjacent to an activating group) is 1. The van der Waals surface area contributed by atoms with Crippen molar-refractivity contribution in [2.75, 3.05) is 14.1 Å². The Labute approximate surface area is 70.1 Å². The summed E-state index contributed by atoms with van der Waals surface area (Å²) in [6, 6.07) is 0.730. The van der Waals surface area contributed by atoms with Gasteiger partial charge in [0.1, 0.15) is 0 Å². The zero-order valence-electron chi connectivity index (χ0n) is 7.93. The van der Waals surface area contributed by atoms with Crippen LogP contribution in [0.25, 0.3) is 0 Å². The first-order valence-corrected chi connectivity index (χ1v) is 4.57. The van der Waals surface area contributed by atoms with E-state index in [-0.39, 0.29) is 0 Å². The van der Waals surface area contributed by atoms with Crippen LogP contribution in [0.1, 0.15) is 32.6 Å². The molecule has 64 valence electrons. The van der Waals surface area contributed by atoms with E-state index in [1.54, 1.807) is 5.57 Å². The monoisotopic (exact) mass is 153 g/mol. The van der Waals surface area contributed by atoms with Gasteiger partial charge >= 0.3 is 0 Å². The normalized spacial score (nSPS) is 29.8. The van der Waals surface area contributed by atoms with Gasteiger partial charge in [0.05, 0.1) is 0 Å². The van der Waals surface area contributed by atoms with Crippen LogP contribution in [0.15, 0.2) is 11.6 Å². The van der Waals surface area contributed by atoms with E-state index in [1.807, 2.05) is 0 Å². The molecule has 1 fully saturated rings. The summed E-state index contributed by atoms with van der Waals surface area (Å²) in [6.45, 7) is 2.16. The maximum Gasteiger partial charge on any atom is 0.0301 e. The highest BCUT2D eigenvalue weighted by atomic mass is 15.1. The highest BCUT2D eigenvalue weighted by molar-refractivity contribution is 5.11. The van der Waals surface area contributed by atoms with E-state index >= 15 is 0 Å². The van der Waals surface area contributed by atoms with Gasteiger partial charge in [-0.3, -0.25) is 0 Å². The lowest BCUT2D eigenvalue weighted by Crippen LogP contribution is -2.31. The Bertz CT molecular complexity index is 147. The summed E-state index contributed by atoms with van der Waals surface area (Å²) in [6.07, 6.45) is 7.76. The minimum atomic E-state index is 0.730. The minimum Gasteiger partial charge on any atom is -0.303 e. The fourth-order valence-corrected chi connectivity index (χ4v) is 1.95. The summed E-state index contributed by atoms with van der Waals surface area (Å²) >= 11 is 0. The molecule has 1 nitrogen and oxygen atoms in total. The van der Waals surface area contributed by atoms with Crippen LogP contribution in [0.3, 0.4) is 0 Å². The van der Waals surface area contributed by atoms with Crippen LogP contribution in [0.5, 0.6) is 0 Å². The Morgan fingerprint density at radius 1 is 1.36 bits per heavy atom. The minimum absolute atomic E-state index is 0.730. The summed E-state index contributed by atoms with van der Waals surface area (Å²) in [7, 11) is 4.36. The van der Waals surface area contributed by atoms with Crippen molar-refractivity contribution < 1.29 is 0 Å². The lowest BCUT2D eigenvalue weighted by molar-refractivity contribution is 0.283. The van der Waals surface area contributed by atoms with E-state index in [0.717, 1.165) is 6.04 Å². The van der Waals surface area contributed by atoms with Gasteiger partial charge in [-0.05, 0) is 40.3 Å². The molecule has 0 bridgehead atoms. The van der Waals surface area contributed by atoms with Gasteiger partial charge in [-0.25, -0.2) is 0 Å². The molecule has 1 unspecified atom stereocenters. The quantitative estimate of drug-likeness (QED) is 0.523. The molecular formula is C10H19N. The smallest absolute Gasteiger partial charge is 0.0301 e. The third kappa shape index (κ3) is 2.06. The van der Waals surface area contributed by atoms with E-state index in [9.17, 15) is 0 Å². The van der Waals surface area contributed by atoms with Crippen molar-refractivity contribution in [3.8, 4) is 0 Å². The van der Waals surface area contributed by atoms with Crippen molar-refractivity contribution in [2.24, 2.45) is 0 Å². The molecule has 0 aromatic rings. The highest BCUT2D eigenvalue weighted by Crippen LogP contribution is 2.25. The Hall–Kier alpha value is -0.300. The summed E-state index contributed by atoms with van der Waals surface area (Å²) in [4.78, 5) is 2.34. The maximum atomic E-state index is 2.34. The second kappa shape index (κ2) is 3.91. The maximum absolute atomic E-state index is 2.34. The number of nitrogens with zero attached hydrogens (tertiary/aromatic N) is 1. The van der Waals surface area contributed by atoms with Gasteiger partial charge in [0, 0.05) is 6.04 Å². The molecule has 1 rings (SSSR count). The summed E-state index contributed by atoms with van der Waals surface area (Å²) in [5.74, 6) is 0. The van der Waals surface area contributed by atoms with Gasteiger partial charge in [0.15, 0.2) is 0 Å². The summed E-state index contributed by atoms with van der Waals surface area (Å²) < 4.78 is 0. The van der Waals surface area contributed by atoms with Gasteiger partial charge in [-0.1, -0.05) is 18.1 Å². The fourth-order valence-electron chi connectivity index (χ4n) is 1.95. The van der Waals surface area contributed by atoms with E-state index < -0.39 is 0 Å². The van der Waals surface area contributed by atoms with Crippen LogP contribution in [0.4, 0.5) is 0 Å². The van der Waals surface area contributed by atoms with Crippen LogP contribution in [0.2, 0.25) is 0 Å². The molecule has 0 aromatic heterocycles. The van der Waals surface area contributed by atoms with Crippen LogP contribution >= 0.6 is 0 Å². The van der Waals surface area contributed by atoms with Crippen molar-refractivity contribution in [3.05, 3.63) is 11.6 Å². The van der Waals surface area contributed by atoms with Crippen LogP contribution in [0, 0.1) is 0 Å². The Morgan fingerprint density at radius 3 is 2.55 bits per heavy atom. The third-order valence-electron chi connectivity index (χ3n) is 2.62. The van der Waals surface area contributed by atoms with Crippen LogP contribution in [-0.2, 0) is 0 Å². The lowest BCUT2D eigenvalue weighted by atomic mass is 9.89. The first-order valence-electron chi connectivity index (χ1n) is 4.57. The largest absolute Gasteiger partial charge is 0.303 e. The Balaban J connectivity index is 2.59. The van der Waals surface area contributed by atoms with Crippen LogP contribution in [-0.4, -0.2) is 25.0 Å². The average Bonchev–Trinajstić information content (AvgIpc) is 2.04. The predicted molar refractivity (Wildman–Crippen MR) is 49.7 cm³/mol. The topological polar surface area (TPSA) is 3.24 Å². The molecule has 0 aromatic carbocycles. The van der Waals surface area contributed by atoms with Crippen molar-refractivity contribution >= 4 is 0 Å².